The quantitative estimate of drug-likeness (QED) is 0.518. The van der Waals surface area contributed by atoms with Gasteiger partial charge in [-0.15, -0.1) is 0 Å². The Labute approximate surface area is 173 Å². The molecular weight excluding hydrogens is 372 g/mol. The molecule has 0 radical (unpaired) electrons. The second-order valence-corrected chi connectivity index (χ2v) is 8.19. The Hall–Kier alpha value is -2.37. The summed E-state index contributed by atoms with van der Waals surface area (Å²) in [4.78, 5) is 36.8. The molecule has 0 N–H and O–H groups in total. The number of esters is 3. The van der Waals surface area contributed by atoms with E-state index in [0.29, 0.717) is 49.7 Å². The zero-order valence-electron chi connectivity index (χ0n) is 18.1. The number of carbonyl (C=O) groups excluding carboxylic acids is 3. The minimum Gasteiger partial charge on any atom is -0.466 e. The molecule has 160 valence electrons. The topological polar surface area (TPSA) is 78.9 Å². The van der Waals surface area contributed by atoms with E-state index >= 15 is 0 Å². The summed E-state index contributed by atoms with van der Waals surface area (Å²) in [6.45, 7) is 7.31. The van der Waals surface area contributed by atoms with E-state index in [1.54, 1.807) is 13.0 Å². The molecule has 0 aromatic rings. The Balaban J connectivity index is 2.48. The molecule has 2 bridgehead atoms. The fraction of sp³-hybridized carbons (Fsp3) is 0.609. The van der Waals surface area contributed by atoms with Crippen LogP contribution in [0.3, 0.4) is 0 Å². The van der Waals surface area contributed by atoms with Gasteiger partial charge in [0.05, 0.1) is 7.11 Å². The van der Waals surface area contributed by atoms with Crippen LogP contribution in [0, 0.1) is 5.92 Å². The van der Waals surface area contributed by atoms with Crippen molar-refractivity contribution in [2.45, 2.75) is 77.9 Å². The Morgan fingerprint density at radius 1 is 1.21 bits per heavy atom. The SMILES string of the molecule is COC(=O)/C1=C/C=C(/C(C)C)CCC2=CCC[C@](C)(OC2=O)C(OC(C)=O)CC1. The summed E-state index contributed by atoms with van der Waals surface area (Å²) in [5.41, 5.74) is 1.34. The molecule has 1 unspecified atom stereocenters. The average molecular weight is 405 g/mol. The van der Waals surface area contributed by atoms with Crippen LogP contribution in [0.2, 0.25) is 0 Å². The van der Waals surface area contributed by atoms with E-state index in [1.165, 1.54) is 14.0 Å². The number of hydrogen-bond donors (Lipinski definition) is 0. The van der Waals surface area contributed by atoms with Crippen LogP contribution in [0.5, 0.6) is 0 Å². The first kappa shape index (κ1) is 22.9. The van der Waals surface area contributed by atoms with Gasteiger partial charge in [-0.1, -0.05) is 37.6 Å². The van der Waals surface area contributed by atoms with Crippen LogP contribution in [0.4, 0.5) is 0 Å². The van der Waals surface area contributed by atoms with Gasteiger partial charge >= 0.3 is 17.9 Å². The number of ether oxygens (including phenoxy) is 3. The molecule has 2 rings (SSSR count). The zero-order chi connectivity index (χ0) is 21.6. The highest BCUT2D eigenvalue weighted by Crippen LogP contribution is 2.34. The third kappa shape index (κ3) is 6.05. The Bertz CT molecular complexity index is 742. The summed E-state index contributed by atoms with van der Waals surface area (Å²) in [6.07, 6.45) is 8.20. The minimum absolute atomic E-state index is 0.275. The molecule has 2 aliphatic heterocycles. The molecule has 6 heteroatoms. The van der Waals surface area contributed by atoms with Gasteiger partial charge in [0.1, 0.15) is 11.7 Å². The first-order chi connectivity index (χ1) is 13.7. The van der Waals surface area contributed by atoms with E-state index in [0.717, 1.165) is 5.57 Å². The van der Waals surface area contributed by atoms with Crippen LogP contribution in [-0.4, -0.2) is 36.7 Å². The molecule has 0 fully saturated rings. The van der Waals surface area contributed by atoms with Crippen LogP contribution in [0.1, 0.15) is 66.2 Å². The van der Waals surface area contributed by atoms with Crippen molar-refractivity contribution >= 4 is 17.9 Å². The number of fused-ring (bicyclic) bond motifs is 3. The monoisotopic (exact) mass is 404 g/mol. The number of carbonyl (C=O) groups is 3. The summed E-state index contributed by atoms with van der Waals surface area (Å²) in [6, 6.07) is 0. The summed E-state index contributed by atoms with van der Waals surface area (Å²) < 4.78 is 16.4. The van der Waals surface area contributed by atoms with Crippen molar-refractivity contribution in [1.29, 1.82) is 0 Å². The minimum atomic E-state index is -0.954. The number of allylic oxidation sites excluding steroid dienone is 4. The highest BCUT2D eigenvalue weighted by atomic mass is 16.6. The van der Waals surface area contributed by atoms with E-state index in [4.69, 9.17) is 14.2 Å². The lowest BCUT2D eigenvalue weighted by Gasteiger charge is -2.35. The highest BCUT2D eigenvalue weighted by molar-refractivity contribution is 5.89. The summed E-state index contributed by atoms with van der Waals surface area (Å²) in [5, 5.41) is 0. The van der Waals surface area contributed by atoms with Crippen molar-refractivity contribution < 1.29 is 28.6 Å². The predicted molar refractivity (Wildman–Crippen MR) is 109 cm³/mol. The van der Waals surface area contributed by atoms with Crippen molar-refractivity contribution in [3.05, 3.63) is 34.9 Å². The molecule has 0 aliphatic carbocycles. The van der Waals surface area contributed by atoms with Crippen molar-refractivity contribution in [2.24, 2.45) is 5.92 Å². The smallest absolute Gasteiger partial charge is 0.334 e. The van der Waals surface area contributed by atoms with Gasteiger partial charge in [0.2, 0.25) is 0 Å². The lowest BCUT2D eigenvalue weighted by Crippen LogP contribution is -2.45. The maximum Gasteiger partial charge on any atom is 0.334 e. The van der Waals surface area contributed by atoms with Gasteiger partial charge < -0.3 is 14.2 Å². The van der Waals surface area contributed by atoms with Crippen molar-refractivity contribution in [3.63, 3.8) is 0 Å². The fourth-order valence-electron chi connectivity index (χ4n) is 3.79. The van der Waals surface area contributed by atoms with Gasteiger partial charge in [-0.25, -0.2) is 9.59 Å². The van der Waals surface area contributed by atoms with Crippen LogP contribution in [0.25, 0.3) is 0 Å². The fourth-order valence-corrected chi connectivity index (χ4v) is 3.79. The van der Waals surface area contributed by atoms with Gasteiger partial charge in [0.25, 0.3) is 0 Å². The van der Waals surface area contributed by atoms with Gasteiger partial charge in [0, 0.05) is 18.1 Å². The Kier molecular flexibility index (Phi) is 7.82. The standard InChI is InChI=1S/C23H32O6/c1-15(2)17-8-10-18-7-6-14-23(4,29-22(18)26)20(28-16(3)24)13-12-19(11-9-17)21(25)27-5/h7,9,11,15,20H,6,8,10,12-14H2,1-5H3/b17-9+,19-11+/t20?,23-/m0/s1. The maximum atomic E-state index is 12.8. The van der Waals surface area contributed by atoms with E-state index in [2.05, 4.69) is 13.8 Å². The van der Waals surface area contributed by atoms with Crippen LogP contribution >= 0.6 is 0 Å². The molecule has 0 spiro atoms. The van der Waals surface area contributed by atoms with Crippen LogP contribution < -0.4 is 0 Å². The van der Waals surface area contributed by atoms with Gasteiger partial charge in [-0.05, 0) is 51.4 Å². The number of hydrogen-bond acceptors (Lipinski definition) is 6. The average Bonchev–Trinajstić information content (AvgIpc) is 2.79. The maximum absolute atomic E-state index is 12.8. The van der Waals surface area contributed by atoms with E-state index < -0.39 is 23.6 Å². The largest absolute Gasteiger partial charge is 0.466 e. The van der Waals surface area contributed by atoms with Crippen molar-refractivity contribution in [2.75, 3.05) is 7.11 Å². The molecule has 2 atom stereocenters. The van der Waals surface area contributed by atoms with Crippen molar-refractivity contribution in [3.8, 4) is 0 Å². The summed E-state index contributed by atoms with van der Waals surface area (Å²) in [5.74, 6) is -0.936. The van der Waals surface area contributed by atoms with E-state index in [9.17, 15) is 14.4 Å². The molecule has 0 aromatic heterocycles. The third-order valence-corrected chi connectivity index (χ3v) is 5.66. The summed E-state index contributed by atoms with van der Waals surface area (Å²) >= 11 is 0. The highest BCUT2D eigenvalue weighted by Gasteiger charge is 2.42. The molecular formula is C23H32O6. The molecule has 29 heavy (non-hydrogen) atoms. The van der Waals surface area contributed by atoms with Gasteiger partial charge in [0.15, 0.2) is 0 Å². The Morgan fingerprint density at radius 2 is 1.93 bits per heavy atom. The molecule has 6 nitrogen and oxygen atoms in total. The lowest BCUT2D eigenvalue weighted by atomic mass is 9.88. The van der Waals surface area contributed by atoms with Crippen LogP contribution in [-0.2, 0) is 28.6 Å². The third-order valence-electron chi connectivity index (χ3n) is 5.66. The molecule has 0 aromatic carbocycles. The second-order valence-electron chi connectivity index (χ2n) is 8.19. The molecule has 2 aliphatic rings. The molecule has 2 heterocycles. The second kappa shape index (κ2) is 9.90. The number of methoxy groups -OCH3 is 1. The molecule has 0 amide bonds. The van der Waals surface area contributed by atoms with Gasteiger partial charge in [-0.2, -0.15) is 0 Å². The zero-order valence-corrected chi connectivity index (χ0v) is 18.1. The number of rotatable bonds is 3. The van der Waals surface area contributed by atoms with Crippen molar-refractivity contribution in [1.82, 2.24) is 0 Å². The molecule has 0 saturated carbocycles. The van der Waals surface area contributed by atoms with Gasteiger partial charge in [-0.3, -0.25) is 4.79 Å². The van der Waals surface area contributed by atoms with E-state index in [1.807, 2.05) is 12.2 Å². The first-order valence-corrected chi connectivity index (χ1v) is 10.2. The van der Waals surface area contributed by atoms with Crippen LogP contribution in [0.15, 0.2) is 34.9 Å². The first-order valence-electron chi connectivity index (χ1n) is 10.2. The predicted octanol–water partition coefficient (Wildman–Crippen LogP) is 4.20. The Morgan fingerprint density at radius 3 is 2.55 bits per heavy atom. The summed E-state index contributed by atoms with van der Waals surface area (Å²) in [7, 11) is 1.35. The molecule has 0 saturated heterocycles. The lowest BCUT2D eigenvalue weighted by molar-refractivity contribution is -0.181. The van der Waals surface area contributed by atoms with E-state index in [-0.39, 0.29) is 11.9 Å². The normalized spacial score (nSPS) is 29.5.